The standard InChI is InChI=1S/C46H68O3S/c1-43(2,3)36-28-33(29-37(41(36)47)44(4,5)6)40(34-30-38(45(7,8)9)42(48)39(31-34)46(10,11)12)32-22-24-35(25-23-32)49-26-20-18-16-14-13-15-17-19-21-27-50/h22-25,28-31,47,50H,13-21,26-27H2,1-12H3. The SMILES string of the molecule is CC(C)(C)C1=CC(=C(c2ccc(OCCCCCCCCCCCS)cc2)c2cc(C(C)(C)C)c(O)c(C(C)(C)C)c2)C=C(C(C)(C)C)C1=O. The molecule has 0 aliphatic heterocycles. The third-order valence-electron chi connectivity index (χ3n) is 9.72. The molecule has 2 aromatic carbocycles. The van der Waals surface area contributed by atoms with Crippen LogP contribution in [0.1, 0.15) is 163 Å². The number of phenolic OH excluding ortho intramolecular Hbond substituents is 1. The number of Topliss-reactive ketones (excluding diaryl/α,β-unsaturated/α-hetero) is 1. The van der Waals surface area contributed by atoms with Crippen LogP contribution < -0.4 is 4.74 Å². The van der Waals surface area contributed by atoms with Gasteiger partial charge in [0.2, 0.25) is 0 Å². The van der Waals surface area contributed by atoms with Crippen molar-refractivity contribution in [1.29, 1.82) is 0 Å². The number of phenols is 1. The zero-order valence-electron chi connectivity index (χ0n) is 33.6. The molecule has 1 aliphatic carbocycles. The van der Waals surface area contributed by atoms with E-state index in [4.69, 9.17) is 4.74 Å². The van der Waals surface area contributed by atoms with Crippen molar-refractivity contribution in [3.63, 3.8) is 0 Å². The first-order valence-electron chi connectivity index (χ1n) is 19.1. The Morgan fingerprint density at radius 1 is 0.600 bits per heavy atom. The van der Waals surface area contributed by atoms with Crippen LogP contribution in [-0.2, 0) is 15.6 Å². The van der Waals surface area contributed by atoms with Gasteiger partial charge in [0.05, 0.1) is 6.61 Å². The fourth-order valence-corrected chi connectivity index (χ4v) is 6.89. The van der Waals surface area contributed by atoms with E-state index >= 15 is 0 Å². The summed E-state index contributed by atoms with van der Waals surface area (Å²) in [5.74, 6) is 2.36. The van der Waals surface area contributed by atoms with Crippen molar-refractivity contribution in [1.82, 2.24) is 0 Å². The number of unbranched alkanes of at least 4 members (excludes halogenated alkanes) is 8. The Kier molecular flexibility index (Phi) is 14.3. The number of allylic oxidation sites excluding steroid dienone is 5. The molecule has 0 unspecified atom stereocenters. The number of hydrogen-bond donors (Lipinski definition) is 2. The molecule has 0 amide bonds. The summed E-state index contributed by atoms with van der Waals surface area (Å²) in [6.45, 7) is 26.3. The normalized spacial score (nSPS) is 14.5. The fraction of sp³-hybridized carbons (Fsp3) is 0.587. The van der Waals surface area contributed by atoms with E-state index in [0.717, 1.165) is 62.5 Å². The first-order chi connectivity index (χ1) is 23.2. The monoisotopic (exact) mass is 700 g/mol. The summed E-state index contributed by atoms with van der Waals surface area (Å²) in [5.41, 5.74) is 6.40. The number of carbonyl (C=O) groups excluding carboxylic acids is 1. The maximum absolute atomic E-state index is 14.0. The average Bonchev–Trinajstić information content (AvgIpc) is 2.99. The van der Waals surface area contributed by atoms with Crippen molar-refractivity contribution in [2.24, 2.45) is 10.8 Å². The molecule has 0 heterocycles. The molecule has 0 saturated carbocycles. The second-order valence-electron chi connectivity index (χ2n) is 18.5. The van der Waals surface area contributed by atoms with Gasteiger partial charge in [-0.05, 0) is 98.9 Å². The fourth-order valence-electron chi connectivity index (χ4n) is 6.67. The lowest BCUT2D eigenvalue weighted by molar-refractivity contribution is -0.114. The molecule has 50 heavy (non-hydrogen) atoms. The van der Waals surface area contributed by atoms with E-state index < -0.39 is 0 Å². The van der Waals surface area contributed by atoms with Gasteiger partial charge in [-0.3, -0.25) is 4.79 Å². The van der Waals surface area contributed by atoms with Crippen LogP contribution in [0, 0.1) is 10.8 Å². The van der Waals surface area contributed by atoms with E-state index in [1.165, 1.54) is 51.4 Å². The van der Waals surface area contributed by atoms with Crippen molar-refractivity contribution in [3.05, 3.63) is 87.5 Å². The second-order valence-corrected chi connectivity index (χ2v) is 18.9. The number of rotatable bonds is 14. The Bertz CT molecular complexity index is 1470. The largest absolute Gasteiger partial charge is 0.507 e. The lowest BCUT2D eigenvalue weighted by Crippen LogP contribution is -2.28. The van der Waals surface area contributed by atoms with Gasteiger partial charge in [-0.1, -0.05) is 140 Å². The van der Waals surface area contributed by atoms with Gasteiger partial charge in [-0.2, -0.15) is 12.6 Å². The molecule has 1 N–H and O–H groups in total. The maximum Gasteiger partial charge on any atom is 0.186 e. The van der Waals surface area contributed by atoms with Crippen LogP contribution >= 0.6 is 12.6 Å². The van der Waals surface area contributed by atoms with Crippen LogP contribution in [0.3, 0.4) is 0 Å². The lowest BCUT2D eigenvalue weighted by Gasteiger charge is -2.32. The molecule has 0 saturated heterocycles. The molecule has 0 radical (unpaired) electrons. The molecule has 0 atom stereocenters. The van der Waals surface area contributed by atoms with Crippen molar-refractivity contribution in [2.45, 2.75) is 152 Å². The molecule has 1 aliphatic rings. The summed E-state index contributed by atoms with van der Waals surface area (Å²) in [4.78, 5) is 14.0. The summed E-state index contributed by atoms with van der Waals surface area (Å²) in [6, 6.07) is 12.8. The van der Waals surface area contributed by atoms with Gasteiger partial charge in [0, 0.05) is 22.3 Å². The number of carbonyl (C=O) groups is 1. The topological polar surface area (TPSA) is 46.5 Å². The average molecular weight is 701 g/mol. The molecule has 2 aromatic rings. The summed E-state index contributed by atoms with van der Waals surface area (Å²) in [7, 11) is 0. The molecule has 0 fully saturated rings. The van der Waals surface area contributed by atoms with Gasteiger partial charge in [0.15, 0.2) is 5.78 Å². The maximum atomic E-state index is 14.0. The Morgan fingerprint density at radius 3 is 1.42 bits per heavy atom. The van der Waals surface area contributed by atoms with Gasteiger partial charge in [-0.25, -0.2) is 0 Å². The van der Waals surface area contributed by atoms with Crippen LogP contribution in [0.5, 0.6) is 11.5 Å². The highest BCUT2D eigenvalue weighted by Crippen LogP contribution is 2.45. The second kappa shape index (κ2) is 17.2. The molecule has 0 spiro atoms. The Morgan fingerprint density at radius 2 is 1.02 bits per heavy atom. The Hall–Kier alpha value is -2.72. The summed E-state index contributed by atoms with van der Waals surface area (Å²) >= 11 is 4.31. The Labute approximate surface area is 311 Å². The predicted molar refractivity (Wildman–Crippen MR) is 219 cm³/mol. The van der Waals surface area contributed by atoms with Crippen molar-refractivity contribution in [3.8, 4) is 11.5 Å². The smallest absolute Gasteiger partial charge is 0.186 e. The van der Waals surface area contributed by atoms with Crippen LogP contribution in [0.25, 0.3) is 5.57 Å². The zero-order chi connectivity index (χ0) is 37.5. The number of ketones is 1. The number of benzene rings is 2. The minimum Gasteiger partial charge on any atom is -0.507 e. The third-order valence-corrected chi connectivity index (χ3v) is 10.0. The predicted octanol–water partition coefficient (Wildman–Crippen LogP) is 13.1. The van der Waals surface area contributed by atoms with Gasteiger partial charge in [-0.15, -0.1) is 0 Å². The number of ether oxygens (including phenoxy) is 1. The minimum absolute atomic E-state index is 0.123. The van der Waals surface area contributed by atoms with E-state index in [0.29, 0.717) is 12.4 Å². The van der Waals surface area contributed by atoms with Gasteiger partial charge >= 0.3 is 0 Å². The number of thiol groups is 1. The molecule has 3 nitrogen and oxygen atoms in total. The summed E-state index contributed by atoms with van der Waals surface area (Å²) in [6.07, 6.45) is 15.6. The minimum atomic E-state index is -0.329. The number of aromatic hydroxyl groups is 1. The first-order valence-corrected chi connectivity index (χ1v) is 19.7. The van der Waals surface area contributed by atoms with Crippen molar-refractivity contribution < 1.29 is 14.6 Å². The van der Waals surface area contributed by atoms with Gasteiger partial charge in [0.25, 0.3) is 0 Å². The van der Waals surface area contributed by atoms with E-state index in [1.54, 1.807) is 0 Å². The van der Waals surface area contributed by atoms with Crippen molar-refractivity contribution in [2.75, 3.05) is 12.4 Å². The summed E-state index contributed by atoms with van der Waals surface area (Å²) < 4.78 is 6.22. The van der Waals surface area contributed by atoms with Crippen LogP contribution in [0.2, 0.25) is 0 Å². The molecule has 3 rings (SSSR count). The van der Waals surface area contributed by atoms with E-state index in [2.05, 4.69) is 144 Å². The van der Waals surface area contributed by atoms with Crippen LogP contribution in [0.4, 0.5) is 0 Å². The van der Waals surface area contributed by atoms with E-state index in [9.17, 15) is 9.90 Å². The van der Waals surface area contributed by atoms with Crippen LogP contribution in [-0.4, -0.2) is 23.2 Å². The molecule has 0 aromatic heterocycles. The third kappa shape index (κ3) is 11.4. The van der Waals surface area contributed by atoms with Gasteiger partial charge in [0.1, 0.15) is 11.5 Å². The number of hydrogen-bond acceptors (Lipinski definition) is 4. The van der Waals surface area contributed by atoms with Crippen LogP contribution in [0.15, 0.2) is 65.3 Å². The zero-order valence-corrected chi connectivity index (χ0v) is 34.5. The van der Waals surface area contributed by atoms with Gasteiger partial charge < -0.3 is 9.84 Å². The molecule has 4 heteroatoms. The molecule has 0 bridgehead atoms. The highest BCUT2D eigenvalue weighted by Gasteiger charge is 2.35. The Balaban J connectivity index is 2.06. The lowest BCUT2D eigenvalue weighted by atomic mass is 9.70. The first kappa shape index (κ1) is 41.7. The summed E-state index contributed by atoms with van der Waals surface area (Å²) in [5, 5.41) is 11.6. The quantitative estimate of drug-likeness (QED) is 0.152. The highest BCUT2D eigenvalue weighted by atomic mass is 32.1. The van der Waals surface area contributed by atoms with E-state index in [1.807, 2.05) is 0 Å². The highest BCUT2D eigenvalue weighted by molar-refractivity contribution is 7.80. The molecular weight excluding hydrogens is 633 g/mol. The van der Waals surface area contributed by atoms with Crippen molar-refractivity contribution >= 4 is 24.0 Å². The molecular formula is C46H68O3S. The molecule has 276 valence electrons. The van der Waals surface area contributed by atoms with E-state index in [-0.39, 0.29) is 27.4 Å².